The molecule has 1 aromatic rings. The minimum absolute atomic E-state index is 0.0609. The highest BCUT2D eigenvalue weighted by Gasteiger charge is 2.10. The van der Waals surface area contributed by atoms with Crippen LogP contribution in [0.1, 0.15) is 12.0 Å². The maximum absolute atomic E-state index is 11.4. The molecule has 0 fully saturated rings. The third kappa shape index (κ3) is 3.93. The van der Waals surface area contributed by atoms with Gasteiger partial charge in [-0.1, -0.05) is 24.0 Å². The molecule has 0 aliphatic heterocycles. The van der Waals surface area contributed by atoms with Gasteiger partial charge >= 0.3 is 5.97 Å². The van der Waals surface area contributed by atoms with Crippen molar-refractivity contribution < 1.29 is 17.9 Å². The molecule has 17 heavy (non-hydrogen) atoms. The fourth-order valence-electron chi connectivity index (χ4n) is 1.18. The van der Waals surface area contributed by atoms with Gasteiger partial charge in [-0.15, -0.1) is 0 Å². The molecule has 0 spiro atoms. The van der Waals surface area contributed by atoms with E-state index >= 15 is 0 Å². The molecule has 0 unspecified atom stereocenters. The summed E-state index contributed by atoms with van der Waals surface area (Å²) in [4.78, 5) is 11.0. The molecule has 0 aliphatic carbocycles. The maximum Gasteiger partial charge on any atom is 0.317 e. The standard InChI is InChI=1S/C12H12O4S/c1-16-12(13)9-5-7-10-6-3-4-8-11(10)17(2,14)15/h3-4,6,8H,9H2,1-2H3. The van der Waals surface area contributed by atoms with Gasteiger partial charge in [-0.3, -0.25) is 4.79 Å². The van der Waals surface area contributed by atoms with Crippen LogP contribution in [0.25, 0.3) is 0 Å². The lowest BCUT2D eigenvalue weighted by atomic mass is 10.2. The average Bonchev–Trinajstić information content (AvgIpc) is 2.28. The molecule has 5 heteroatoms. The summed E-state index contributed by atoms with van der Waals surface area (Å²) in [5.74, 6) is 4.78. The number of sulfone groups is 1. The first-order valence-corrected chi connectivity index (χ1v) is 6.69. The van der Waals surface area contributed by atoms with Crippen molar-refractivity contribution in [1.82, 2.24) is 0 Å². The quantitative estimate of drug-likeness (QED) is 0.582. The predicted octanol–water partition coefficient (Wildman–Crippen LogP) is 1.00. The van der Waals surface area contributed by atoms with Crippen LogP contribution >= 0.6 is 0 Å². The molecule has 0 saturated carbocycles. The molecular formula is C12H12O4S. The van der Waals surface area contributed by atoms with Crippen LogP contribution in [0, 0.1) is 11.8 Å². The first-order chi connectivity index (χ1) is 7.95. The summed E-state index contributed by atoms with van der Waals surface area (Å²) < 4.78 is 27.3. The number of hydrogen-bond donors (Lipinski definition) is 0. The van der Waals surface area contributed by atoms with Crippen molar-refractivity contribution in [1.29, 1.82) is 0 Å². The lowest BCUT2D eigenvalue weighted by Crippen LogP contribution is -2.00. The van der Waals surface area contributed by atoms with Crippen LogP contribution in [-0.2, 0) is 19.4 Å². The van der Waals surface area contributed by atoms with Crippen molar-refractivity contribution in [3.05, 3.63) is 29.8 Å². The Morgan fingerprint density at radius 2 is 2.00 bits per heavy atom. The van der Waals surface area contributed by atoms with E-state index in [0.717, 1.165) is 6.26 Å². The number of hydrogen-bond acceptors (Lipinski definition) is 4. The second kappa shape index (κ2) is 5.51. The molecule has 0 amide bonds. The SMILES string of the molecule is COC(=O)CC#Cc1ccccc1S(C)(=O)=O. The lowest BCUT2D eigenvalue weighted by Gasteiger charge is -2.00. The van der Waals surface area contributed by atoms with Gasteiger partial charge in [0.25, 0.3) is 0 Å². The molecule has 0 radical (unpaired) electrons. The molecule has 0 aliphatic rings. The van der Waals surface area contributed by atoms with Gasteiger partial charge in [-0.05, 0) is 12.1 Å². The zero-order valence-electron chi connectivity index (χ0n) is 9.56. The van der Waals surface area contributed by atoms with Crippen LogP contribution in [0.5, 0.6) is 0 Å². The summed E-state index contributed by atoms with van der Waals surface area (Å²) in [7, 11) is -2.04. The Labute approximate surface area is 101 Å². The Morgan fingerprint density at radius 1 is 1.35 bits per heavy atom. The third-order valence-corrected chi connectivity index (χ3v) is 3.12. The Morgan fingerprint density at radius 3 is 2.59 bits per heavy atom. The van der Waals surface area contributed by atoms with Crippen molar-refractivity contribution >= 4 is 15.8 Å². The summed E-state index contributed by atoms with van der Waals surface area (Å²) in [6.45, 7) is 0. The van der Waals surface area contributed by atoms with Crippen LogP contribution < -0.4 is 0 Å². The van der Waals surface area contributed by atoms with Crippen LogP contribution in [0.2, 0.25) is 0 Å². The highest BCUT2D eigenvalue weighted by molar-refractivity contribution is 7.90. The smallest absolute Gasteiger partial charge is 0.317 e. The number of rotatable bonds is 2. The first kappa shape index (κ1) is 13.3. The number of methoxy groups -OCH3 is 1. The Kier molecular flexibility index (Phi) is 4.30. The van der Waals surface area contributed by atoms with Gasteiger partial charge in [0.15, 0.2) is 9.84 Å². The van der Waals surface area contributed by atoms with E-state index in [1.165, 1.54) is 13.2 Å². The Balaban J connectivity index is 3.04. The normalized spacial score (nSPS) is 10.2. The second-order valence-corrected chi connectivity index (χ2v) is 5.31. The van der Waals surface area contributed by atoms with E-state index in [2.05, 4.69) is 16.6 Å². The third-order valence-electron chi connectivity index (χ3n) is 1.97. The van der Waals surface area contributed by atoms with Crippen molar-refractivity contribution in [2.75, 3.05) is 13.4 Å². The summed E-state index contributed by atoms with van der Waals surface area (Å²) in [6.07, 6.45) is 1.06. The highest BCUT2D eigenvalue weighted by atomic mass is 32.2. The van der Waals surface area contributed by atoms with E-state index in [1.807, 2.05) is 0 Å². The van der Waals surface area contributed by atoms with Crippen LogP contribution in [-0.4, -0.2) is 27.8 Å². The molecule has 0 N–H and O–H groups in total. The van der Waals surface area contributed by atoms with Crippen LogP contribution in [0.4, 0.5) is 0 Å². The van der Waals surface area contributed by atoms with Gasteiger partial charge in [-0.2, -0.15) is 0 Å². The van der Waals surface area contributed by atoms with Crippen LogP contribution in [0.15, 0.2) is 29.2 Å². The largest absolute Gasteiger partial charge is 0.468 e. The summed E-state index contributed by atoms with van der Waals surface area (Å²) in [5.41, 5.74) is 0.388. The molecule has 4 nitrogen and oxygen atoms in total. The first-order valence-electron chi connectivity index (χ1n) is 4.80. The molecule has 0 atom stereocenters. The number of benzene rings is 1. The van der Waals surface area contributed by atoms with Gasteiger partial charge in [-0.25, -0.2) is 8.42 Å². The summed E-state index contributed by atoms with van der Waals surface area (Å²) in [6, 6.07) is 6.40. The van der Waals surface area contributed by atoms with E-state index in [4.69, 9.17) is 0 Å². The van der Waals surface area contributed by atoms with Crippen molar-refractivity contribution in [3.8, 4) is 11.8 Å². The van der Waals surface area contributed by atoms with Crippen molar-refractivity contribution in [2.45, 2.75) is 11.3 Å². The fraction of sp³-hybridized carbons (Fsp3) is 0.250. The van der Waals surface area contributed by atoms with Gasteiger partial charge < -0.3 is 4.74 Å². The zero-order chi connectivity index (χ0) is 12.9. The molecule has 0 aromatic heterocycles. The van der Waals surface area contributed by atoms with E-state index in [1.54, 1.807) is 18.2 Å². The Bertz CT molecular complexity index is 576. The number of ether oxygens (including phenoxy) is 1. The average molecular weight is 252 g/mol. The van der Waals surface area contributed by atoms with E-state index in [-0.39, 0.29) is 11.3 Å². The van der Waals surface area contributed by atoms with Gasteiger partial charge in [0.05, 0.1) is 12.0 Å². The molecular weight excluding hydrogens is 240 g/mol. The van der Waals surface area contributed by atoms with Gasteiger partial charge in [0.1, 0.15) is 6.42 Å². The van der Waals surface area contributed by atoms with E-state index in [0.29, 0.717) is 5.56 Å². The summed E-state index contributed by atoms with van der Waals surface area (Å²) >= 11 is 0. The number of carbonyl (C=O) groups excluding carboxylic acids is 1. The summed E-state index contributed by atoms with van der Waals surface area (Å²) in [5, 5.41) is 0. The molecule has 1 aromatic carbocycles. The molecule has 0 bridgehead atoms. The highest BCUT2D eigenvalue weighted by Crippen LogP contribution is 2.13. The number of esters is 1. The monoisotopic (exact) mass is 252 g/mol. The lowest BCUT2D eigenvalue weighted by molar-refractivity contribution is -0.139. The maximum atomic E-state index is 11.4. The fourth-order valence-corrected chi connectivity index (χ4v) is 2.02. The zero-order valence-corrected chi connectivity index (χ0v) is 10.4. The Hall–Kier alpha value is -1.80. The molecule has 1 rings (SSSR count). The van der Waals surface area contributed by atoms with E-state index in [9.17, 15) is 13.2 Å². The van der Waals surface area contributed by atoms with Gasteiger partial charge in [0.2, 0.25) is 0 Å². The molecule has 0 saturated heterocycles. The molecule has 90 valence electrons. The van der Waals surface area contributed by atoms with Gasteiger partial charge in [0, 0.05) is 11.8 Å². The van der Waals surface area contributed by atoms with Crippen LogP contribution in [0.3, 0.4) is 0 Å². The minimum Gasteiger partial charge on any atom is -0.468 e. The topological polar surface area (TPSA) is 60.4 Å². The van der Waals surface area contributed by atoms with Crippen molar-refractivity contribution in [2.24, 2.45) is 0 Å². The van der Waals surface area contributed by atoms with E-state index < -0.39 is 15.8 Å². The van der Waals surface area contributed by atoms with Crippen molar-refractivity contribution in [3.63, 3.8) is 0 Å². The second-order valence-electron chi connectivity index (χ2n) is 3.32. The minimum atomic E-state index is -3.31. The molecule has 0 heterocycles. The number of carbonyl (C=O) groups is 1. The predicted molar refractivity (Wildman–Crippen MR) is 63.1 cm³/mol.